The fraction of sp³-hybridized carbons (Fsp3) is 0.577. The van der Waals surface area contributed by atoms with Gasteiger partial charge in [-0.15, -0.1) is 10.2 Å². The number of hydrogen-bond donors (Lipinski definition) is 2. The predicted octanol–water partition coefficient (Wildman–Crippen LogP) is 4.20. The molecule has 33 heavy (non-hydrogen) atoms. The standard InChI is InChI=1S/C26H30FN5O/c1-14-2-3-18(27)10-21(14)24-9-16(12-28)26(32-31-24)30-19-6-17-13-29-23(22(17)11-19)8-15-7-20-4-5-25(15)33-20/h2-3,9-10,15,17,19-20,22-23,25,29H,4-8,11,13H2,1H3,(H,30,32)/t15-,17-,19+,20+,22+,23+,25+/m1/s1. The summed E-state index contributed by atoms with van der Waals surface area (Å²) in [6, 6.07) is 9.42. The average molecular weight is 448 g/mol. The van der Waals surface area contributed by atoms with Gasteiger partial charge in [-0.3, -0.25) is 0 Å². The molecule has 4 heterocycles. The molecule has 0 spiro atoms. The van der Waals surface area contributed by atoms with Crippen molar-refractivity contribution >= 4 is 5.82 Å². The van der Waals surface area contributed by atoms with Crippen LogP contribution in [0.25, 0.3) is 11.3 Å². The van der Waals surface area contributed by atoms with E-state index < -0.39 is 0 Å². The van der Waals surface area contributed by atoms with Crippen molar-refractivity contribution in [3.05, 3.63) is 41.2 Å². The van der Waals surface area contributed by atoms with Gasteiger partial charge in [-0.25, -0.2) is 4.39 Å². The van der Waals surface area contributed by atoms with Crippen LogP contribution in [-0.4, -0.2) is 41.0 Å². The van der Waals surface area contributed by atoms with Crippen LogP contribution in [0.15, 0.2) is 24.3 Å². The summed E-state index contributed by atoms with van der Waals surface area (Å²) in [5.74, 6) is 2.25. The van der Waals surface area contributed by atoms with Gasteiger partial charge in [-0.05, 0) is 93.5 Å². The number of anilines is 1. The van der Waals surface area contributed by atoms with Gasteiger partial charge in [-0.1, -0.05) is 6.07 Å². The third-order valence-electron chi connectivity index (χ3n) is 8.43. The number of rotatable bonds is 5. The molecule has 1 saturated carbocycles. The van der Waals surface area contributed by atoms with E-state index in [1.165, 1.54) is 37.8 Å². The Morgan fingerprint density at radius 2 is 2.12 bits per heavy atom. The van der Waals surface area contributed by atoms with E-state index >= 15 is 0 Å². The van der Waals surface area contributed by atoms with Gasteiger partial charge in [0.1, 0.15) is 11.9 Å². The van der Waals surface area contributed by atoms with Gasteiger partial charge in [0.15, 0.2) is 5.82 Å². The Bertz CT molecular complexity index is 1100. The number of halogens is 1. The molecule has 7 atom stereocenters. The zero-order chi connectivity index (χ0) is 22.5. The van der Waals surface area contributed by atoms with Gasteiger partial charge in [0.05, 0.1) is 23.5 Å². The van der Waals surface area contributed by atoms with Crippen LogP contribution in [0.5, 0.6) is 0 Å². The van der Waals surface area contributed by atoms with E-state index in [0.29, 0.717) is 64.7 Å². The molecule has 172 valence electrons. The fourth-order valence-electron chi connectivity index (χ4n) is 6.81. The summed E-state index contributed by atoms with van der Waals surface area (Å²) in [7, 11) is 0. The number of ether oxygens (including phenoxy) is 1. The van der Waals surface area contributed by atoms with Crippen molar-refractivity contribution in [1.29, 1.82) is 5.26 Å². The third-order valence-corrected chi connectivity index (χ3v) is 8.43. The van der Waals surface area contributed by atoms with Crippen molar-refractivity contribution in [2.45, 2.75) is 69.7 Å². The molecule has 2 bridgehead atoms. The second-order valence-corrected chi connectivity index (χ2v) is 10.4. The Morgan fingerprint density at radius 3 is 2.91 bits per heavy atom. The van der Waals surface area contributed by atoms with E-state index in [2.05, 4.69) is 26.9 Å². The van der Waals surface area contributed by atoms with E-state index in [4.69, 9.17) is 4.74 Å². The Balaban J connectivity index is 1.14. The predicted molar refractivity (Wildman–Crippen MR) is 123 cm³/mol. The Labute approximate surface area is 193 Å². The number of nitrogens with one attached hydrogen (secondary N) is 2. The largest absolute Gasteiger partial charge is 0.375 e. The van der Waals surface area contributed by atoms with E-state index in [1.54, 1.807) is 12.1 Å². The normalized spacial score (nSPS) is 34.4. The molecule has 0 unspecified atom stereocenters. The highest BCUT2D eigenvalue weighted by molar-refractivity contribution is 5.67. The molecular weight excluding hydrogens is 417 g/mol. The van der Waals surface area contributed by atoms with Crippen LogP contribution in [0.4, 0.5) is 10.2 Å². The van der Waals surface area contributed by atoms with Crippen LogP contribution in [0.3, 0.4) is 0 Å². The molecule has 3 aliphatic heterocycles. The first-order valence-electron chi connectivity index (χ1n) is 12.3. The third kappa shape index (κ3) is 3.89. The molecule has 6 rings (SSSR count). The van der Waals surface area contributed by atoms with Crippen molar-refractivity contribution in [3.8, 4) is 17.3 Å². The lowest BCUT2D eigenvalue weighted by Gasteiger charge is -2.26. The number of hydrogen-bond acceptors (Lipinski definition) is 6. The maximum atomic E-state index is 13.7. The molecule has 4 aliphatic rings. The van der Waals surface area contributed by atoms with E-state index in [-0.39, 0.29) is 5.82 Å². The number of nitrogens with zero attached hydrogens (tertiary/aromatic N) is 3. The molecular formula is C26H30FN5O. The van der Waals surface area contributed by atoms with Crippen molar-refractivity contribution in [3.63, 3.8) is 0 Å². The summed E-state index contributed by atoms with van der Waals surface area (Å²) in [5, 5.41) is 25.7. The van der Waals surface area contributed by atoms with Gasteiger partial charge in [0, 0.05) is 17.6 Å². The number of fused-ring (bicyclic) bond motifs is 3. The van der Waals surface area contributed by atoms with E-state index in [0.717, 1.165) is 24.9 Å². The van der Waals surface area contributed by atoms with Crippen LogP contribution < -0.4 is 10.6 Å². The lowest BCUT2D eigenvalue weighted by molar-refractivity contribution is 0.0887. The highest BCUT2D eigenvalue weighted by atomic mass is 19.1. The van der Waals surface area contributed by atoms with E-state index in [9.17, 15) is 9.65 Å². The SMILES string of the molecule is Cc1ccc(F)cc1-c1cc(C#N)c(N[C@H]2C[C@@H]3CN[C@@H](C[C@H]4C[C@@H]5CC[C@@H]4O5)[C@H]3C2)nn1. The number of nitriles is 1. The summed E-state index contributed by atoms with van der Waals surface area (Å²) in [4.78, 5) is 0. The van der Waals surface area contributed by atoms with Crippen LogP contribution in [0.1, 0.15) is 49.7 Å². The minimum absolute atomic E-state index is 0.295. The van der Waals surface area contributed by atoms with Crippen molar-refractivity contribution < 1.29 is 9.13 Å². The Hall–Kier alpha value is -2.56. The summed E-state index contributed by atoms with van der Waals surface area (Å²) in [5.41, 5.74) is 2.54. The maximum Gasteiger partial charge on any atom is 0.166 e. The molecule has 4 fully saturated rings. The molecule has 7 heteroatoms. The second-order valence-electron chi connectivity index (χ2n) is 10.4. The number of aromatic nitrogens is 2. The monoisotopic (exact) mass is 447 g/mol. The van der Waals surface area contributed by atoms with Gasteiger partial charge >= 0.3 is 0 Å². The van der Waals surface area contributed by atoms with Crippen LogP contribution in [0.2, 0.25) is 0 Å². The summed E-state index contributed by atoms with van der Waals surface area (Å²) in [6.45, 7) is 2.98. The van der Waals surface area contributed by atoms with Crippen LogP contribution in [0, 0.1) is 41.8 Å². The Morgan fingerprint density at radius 1 is 1.21 bits per heavy atom. The van der Waals surface area contributed by atoms with Crippen molar-refractivity contribution in [2.24, 2.45) is 17.8 Å². The maximum absolute atomic E-state index is 13.7. The van der Waals surface area contributed by atoms with E-state index in [1.807, 2.05) is 6.92 Å². The molecule has 3 saturated heterocycles. The van der Waals surface area contributed by atoms with Gasteiger partial charge in [0.2, 0.25) is 0 Å². The topological polar surface area (TPSA) is 82.9 Å². The zero-order valence-corrected chi connectivity index (χ0v) is 18.9. The minimum atomic E-state index is -0.323. The molecule has 6 nitrogen and oxygen atoms in total. The molecule has 1 aromatic carbocycles. The summed E-state index contributed by atoms with van der Waals surface area (Å²) < 4.78 is 19.8. The Kier molecular flexibility index (Phi) is 5.31. The van der Waals surface area contributed by atoms with Crippen molar-refractivity contribution in [2.75, 3.05) is 11.9 Å². The smallest absolute Gasteiger partial charge is 0.166 e. The fourth-order valence-corrected chi connectivity index (χ4v) is 6.81. The molecule has 1 aliphatic carbocycles. The van der Waals surface area contributed by atoms with Crippen LogP contribution >= 0.6 is 0 Å². The molecule has 2 N–H and O–H groups in total. The average Bonchev–Trinajstić information content (AvgIpc) is 3.59. The van der Waals surface area contributed by atoms with Gasteiger partial charge in [0.25, 0.3) is 0 Å². The summed E-state index contributed by atoms with van der Waals surface area (Å²) in [6.07, 6.45) is 8.11. The first-order chi connectivity index (χ1) is 16.1. The lowest BCUT2D eigenvalue weighted by atomic mass is 9.81. The van der Waals surface area contributed by atoms with Gasteiger partial charge in [-0.2, -0.15) is 5.26 Å². The van der Waals surface area contributed by atoms with Gasteiger partial charge < -0.3 is 15.4 Å². The number of benzene rings is 1. The quantitative estimate of drug-likeness (QED) is 0.715. The highest BCUT2D eigenvalue weighted by Gasteiger charge is 2.47. The first kappa shape index (κ1) is 21.0. The lowest BCUT2D eigenvalue weighted by Crippen LogP contribution is -2.33. The second kappa shape index (κ2) is 8.34. The summed E-state index contributed by atoms with van der Waals surface area (Å²) >= 11 is 0. The zero-order valence-electron chi connectivity index (χ0n) is 18.9. The molecule has 2 aromatic rings. The van der Waals surface area contributed by atoms with Crippen molar-refractivity contribution in [1.82, 2.24) is 15.5 Å². The molecule has 0 radical (unpaired) electrons. The first-order valence-corrected chi connectivity index (χ1v) is 12.3. The highest BCUT2D eigenvalue weighted by Crippen LogP contribution is 2.46. The molecule has 0 amide bonds. The van der Waals surface area contributed by atoms with Crippen LogP contribution in [-0.2, 0) is 4.74 Å². The number of aryl methyl sites for hydroxylation is 1. The minimum Gasteiger partial charge on any atom is -0.375 e. The molecule has 1 aromatic heterocycles.